The molecule has 0 aromatic rings. The molecule has 1 unspecified atom stereocenters. The lowest BCUT2D eigenvalue weighted by molar-refractivity contribution is -0.234. The molecule has 4 nitrogen and oxygen atoms in total. The van der Waals surface area contributed by atoms with Gasteiger partial charge in [0.05, 0.1) is 5.54 Å². The van der Waals surface area contributed by atoms with Crippen LogP contribution in [-0.2, 0) is 4.74 Å². The highest BCUT2D eigenvalue weighted by molar-refractivity contribution is 4.93. The molecule has 0 amide bonds. The van der Waals surface area contributed by atoms with Crippen molar-refractivity contribution in [3.63, 3.8) is 0 Å². The number of hydrogen-bond acceptors (Lipinski definition) is 4. The maximum atomic E-state index is 9.58. The van der Waals surface area contributed by atoms with Gasteiger partial charge < -0.3 is 15.7 Å². The van der Waals surface area contributed by atoms with Crippen molar-refractivity contribution in [1.29, 1.82) is 0 Å². The van der Waals surface area contributed by atoms with Gasteiger partial charge >= 0.3 is 0 Å². The van der Waals surface area contributed by atoms with E-state index in [0.29, 0.717) is 0 Å². The maximum absolute atomic E-state index is 9.58. The summed E-state index contributed by atoms with van der Waals surface area (Å²) in [7, 11) is 0. The molecule has 1 aliphatic heterocycles. The smallest absolute Gasteiger partial charge is 0.141 e. The second-order valence-electron chi connectivity index (χ2n) is 3.95. The van der Waals surface area contributed by atoms with E-state index in [1.165, 1.54) is 0 Å². The average molecular weight is 160 g/mol. The van der Waals surface area contributed by atoms with Gasteiger partial charge in [0.2, 0.25) is 0 Å². The molecule has 1 rings (SSSR count). The second-order valence-corrected chi connectivity index (χ2v) is 3.95. The molecule has 0 spiro atoms. The van der Waals surface area contributed by atoms with Crippen LogP contribution in [-0.4, -0.2) is 27.8 Å². The van der Waals surface area contributed by atoms with Crippen molar-refractivity contribution >= 4 is 0 Å². The van der Waals surface area contributed by atoms with E-state index < -0.39 is 17.5 Å². The van der Waals surface area contributed by atoms with Gasteiger partial charge in [-0.05, 0) is 27.7 Å². The van der Waals surface area contributed by atoms with E-state index in [4.69, 9.17) is 10.5 Å². The van der Waals surface area contributed by atoms with Gasteiger partial charge in [-0.2, -0.15) is 5.06 Å². The van der Waals surface area contributed by atoms with Gasteiger partial charge in [-0.3, -0.25) is 0 Å². The van der Waals surface area contributed by atoms with Gasteiger partial charge in [0.1, 0.15) is 12.0 Å². The van der Waals surface area contributed by atoms with Crippen molar-refractivity contribution in [2.45, 2.75) is 45.2 Å². The largest absolute Gasteiger partial charge is 0.339 e. The molecule has 11 heavy (non-hydrogen) atoms. The number of nitrogens with two attached hydrogens (primary N) is 1. The Balaban J connectivity index is 2.89. The Morgan fingerprint density at radius 3 is 1.91 bits per heavy atom. The van der Waals surface area contributed by atoms with Crippen LogP contribution in [0.15, 0.2) is 0 Å². The fourth-order valence-electron chi connectivity index (χ4n) is 1.32. The molecule has 1 saturated heterocycles. The van der Waals surface area contributed by atoms with Crippen LogP contribution in [0.4, 0.5) is 0 Å². The second kappa shape index (κ2) is 2.17. The molecule has 0 saturated carbocycles. The monoisotopic (exact) mass is 160 g/mol. The Labute approximate surface area is 66.9 Å². The van der Waals surface area contributed by atoms with Crippen molar-refractivity contribution in [1.82, 2.24) is 5.06 Å². The summed E-state index contributed by atoms with van der Waals surface area (Å²) in [5, 5.41) is 10.7. The molecule has 0 aromatic heterocycles. The number of rotatable bonds is 0. The third-order valence-corrected chi connectivity index (χ3v) is 2.17. The van der Waals surface area contributed by atoms with Gasteiger partial charge in [-0.1, -0.05) is 0 Å². The fraction of sp³-hybridized carbons (Fsp3) is 1.00. The van der Waals surface area contributed by atoms with Crippen LogP contribution in [0.5, 0.6) is 0 Å². The van der Waals surface area contributed by atoms with Crippen molar-refractivity contribution in [3.05, 3.63) is 0 Å². The van der Waals surface area contributed by atoms with Crippen LogP contribution >= 0.6 is 0 Å². The topological polar surface area (TPSA) is 58.7 Å². The summed E-state index contributed by atoms with van der Waals surface area (Å²) in [6.07, 6.45) is -0.442. The highest BCUT2D eigenvalue weighted by Crippen LogP contribution is 2.35. The lowest BCUT2D eigenvalue weighted by Crippen LogP contribution is -2.50. The Kier molecular flexibility index (Phi) is 1.76. The highest BCUT2D eigenvalue weighted by Gasteiger charge is 2.51. The SMILES string of the molecule is CC1(C)OC(N)C(C)(C)N1O. The molecule has 0 aromatic carbocycles. The minimum atomic E-state index is -0.678. The van der Waals surface area contributed by atoms with Crippen LogP contribution in [0.2, 0.25) is 0 Å². The summed E-state index contributed by atoms with van der Waals surface area (Å²) in [6.45, 7) is 7.24. The number of nitrogens with zero attached hydrogens (tertiary/aromatic N) is 1. The normalized spacial score (nSPS) is 36.0. The quantitative estimate of drug-likeness (QED) is 0.542. The van der Waals surface area contributed by atoms with E-state index in [0.717, 1.165) is 5.06 Å². The van der Waals surface area contributed by atoms with Crippen molar-refractivity contribution < 1.29 is 9.94 Å². The molecule has 1 fully saturated rings. The van der Waals surface area contributed by atoms with E-state index >= 15 is 0 Å². The van der Waals surface area contributed by atoms with Gasteiger partial charge in [-0.15, -0.1) is 0 Å². The number of ether oxygens (including phenoxy) is 1. The Morgan fingerprint density at radius 1 is 1.36 bits per heavy atom. The minimum Gasteiger partial charge on any atom is -0.339 e. The van der Waals surface area contributed by atoms with Gasteiger partial charge in [0.15, 0.2) is 0 Å². The predicted molar refractivity (Wildman–Crippen MR) is 40.8 cm³/mol. The minimum absolute atomic E-state index is 0.442. The molecule has 3 N–H and O–H groups in total. The molecule has 66 valence electrons. The third-order valence-electron chi connectivity index (χ3n) is 2.17. The molecule has 0 aliphatic carbocycles. The first kappa shape index (κ1) is 8.93. The van der Waals surface area contributed by atoms with Gasteiger partial charge in [0, 0.05) is 0 Å². The van der Waals surface area contributed by atoms with Crippen molar-refractivity contribution in [3.8, 4) is 0 Å². The van der Waals surface area contributed by atoms with Crippen molar-refractivity contribution in [2.75, 3.05) is 0 Å². The van der Waals surface area contributed by atoms with E-state index in [-0.39, 0.29) is 0 Å². The summed E-state index contributed by atoms with van der Waals surface area (Å²) in [5.74, 6) is 0. The average Bonchev–Trinajstić information content (AvgIpc) is 1.94. The standard InChI is InChI=1S/C7H16N2O2/c1-6(2)5(8)11-7(3,4)9(6)10/h5,10H,8H2,1-4H3. The molecule has 1 aliphatic rings. The van der Waals surface area contributed by atoms with Crippen LogP contribution < -0.4 is 5.73 Å². The Bertz CT molecular complexity index is 168. The van der Waals surface area contributed by atoms with Crippen LogP contribution in [0.1, 0.15) is 27.7 Å². The van der Waals surface area contributed by atoms with E-state index in [2.05, 4.69) is 0 Å². The van der Waals surface area contributed by atoms with Gasteiger partial charge in [-0.25, -0.2) is 0 Å². The first-order valence-electron chi connectivity index (χ1n) is 3.71. The molecular formula is C7H16N2O2. The molecule has 0 radical (unpaired) electrons. The van der Waals surface area contributed by atoms with Crippen LogP contribution in [0.3, 0.4) is 0 Å². The lowest BCUT2D eigenvalue weighted by atomic mass is 10.0. The van der Waals surface area contributed by atoms with Gasteiger partial charge in [0.25, 0.3) is 0 Å². The molecule has 1 heterocycles. The maximum Gasteiger partial charge on any atom is 0.141 e. The number of hydroxylamine groups is 2. The fourth-order valence-corrected chi connectivity index (χ4v) is 1.32. The molecular weight excluding hydrogens is 144 g/mol. The summed E-state index contributed by atoms with van der Waals surface area (Å²) in [5.41, 5.74) is 4.47. The summed E-state index contributed by atoms with van der Waals surface area (Å²) >= 11 is 0. The van der Waals surface area contributed by atoms with Crippen molar-refractivity contribution in [2.24, 2.45) is 5.73 Å². The first-order valence-corrected chi connectivity index (χ1v) is 3.71. The zero-order chi connectivity index (χ0) is 8.86. The molecule has 4 heteroatoms. The zero-order valence-electron chi connectivity index (χ0n) is 7.46. The third kappa shape index (κ3) is 1.16. The zero-order valence-corrected chi connectivity index (χ0v) is 7.46. The van der Waals surface area contributed by atoms with E-state index in [1.54, 1.807) is 13.8 Å². The Morgan fingerprint density at radius 2 is 1.82 bits per heavy atom. The highest BCUT2D eigenvalue weighted by atomic mass is 16.6. The molecule has 0 bridgehead atoms. The summed E-state index contributed by atoms with van der Waals surface area (Å²) in [4.78, 5) is 0. The van der Waals surface area contributed by atoms with E-state index in [9.17, 15) is 5.21 Å². The Hall–Kier alpha value is -0.160. The first-order chi connectivity index (χ1) is 4.78. The van der Waals surface area contributed by atoms with Crippen LogP contribution in [0, 0.1) is 0 Å². The lowest BCUT2D eigenvalue weighted by Gasteiger charge is -2.31. The predicted octanol–water partition coefficient (Wildman–Crippen LogP) is 0.507. The summed E-state index contributed by atoms with van der Waals surface area (Å²) < 4.78 is 5.33. The van der Waals surface area contributed by atoms with E-state index in [1.807, 2.05) is 13.8 Å². The molecule has 1 atom stereocenters. The number of hydrogen-bond donors (Lipinski definition) is 2. The summed E-state index contributed by atoms with van der Waals surface area (Å²) in [6, 6.07) is 0. The van der Waals surface area contributed by atoms with Crippen LogP contribution in [0.25, 0.3) is 0 Å².